The fraction of sp³-hybridized carbons (Fsp3) is 0.444. The van der Waals surface area contributed by atoms with Crippen LogP contribution in [0.15, 0.2) is 12.1 Å². The monoisotopic (exact) mass is 238 g/mol. The smallest absolute Gasteiger partial charge is 0.364 e. The number of aryl methyl sites for hydroxylation is 1. The SMILES string of the molecule is Cc1ccc(C(=O)COCC(F)(F)F)s1. The van der Waals surface area contributed by atoms with Gasteiger partial charge in [-0.2, -0.15) is 13.2 Å². The summed E-state index contributed by atoms with van der Waals surface area (Å²) in [5.74, 6) is -0.419. The summed E-state index contributed by atoms with van der Waals surface area (Å²) >= 11 is 1.24. The molecule has 0 aliphatic rings. The number of alkyl halides is 3. The molecule has 0 radical (unpaired) electrons. The zero-order valence-electron chi connectivity index (χ0n) is 7.93. The summed E-state index contributed by atoms with van der Waals surface area (Å²) in [6, 6.07) is 3.32. The van der Waals surface area contributed by atoms with Crippen LogP contribution < -0.4 is 0 Å². The van der Waals surface area contributed by atoms with Crippen LogP contribution in [-0.2, 0) is 4.74 Å². The molecule has 0 bridgehead atoms. The van der Waals surface area contributed by atoms with Gasteiger partial charge in [0.15, 0.2) is 5.78 Å². The predicted octanol–water partition coefficient (Wildman–Crippen LogP) is 2.82. The van der Waals surface area contributed by atoms with Crippen LogP contribution in [0.4, 0.5) is 13.2 Å². The van der Waals surface area contributed by atoms with E-state index in [0.717, 1.165) is 4.88 Å². The average molecular weight is 238 g/mol. The van der Waals surface area contributed by atoms with Crippen molar-refractivity contribution < 1.29 is 22.7 Å². The maximum absolute atomic E-state index is 11.7. The molecule has 0 aliphatic heterocycles. The molecule has 84 valence electrons. The summed E-state index contributed by atoms with van der Waals surface area (Å²) in [4.78, 5) is 12.6. The Kier molecular flexibility index (Phi) is 3.87. The lowest BCUT2D eigenvalue weighted by Crippen LogP contribution is -2.20. The molecule has 0 N–H and O–H groups in total. The number of carbonyl (C=O) groups excluding carboxylic acids is 1. The van der Waals surface area contributed by atoms with E-state index in [1.807, 2.05) is 6.92 Å². The van der Waals surface area contributed by atoms with Crippen LogP contribution in [0, 0.1) is 6.92 Å². The molecule has 15 heavy (non-hydrogen) atoms. The van der Waals surface area contributed by atoms with Crippen LogP contribution in [0.5, 0.6) is 0 Å². The number of thiophene rings is 1. The third-order valence-electron chi connectivity index (χ3n) is 1.51. The van der Waals surface area contributed by atoms with E-state index in [1.165, 1.54) is 11.3 Å². The van der Waals surface area contributed by atoms with E-state index in [2.05, 4.69) is 4.74 Å². The van der Waals surface area contributed by atoms with Gasteiger partial charge in [0.05, 0.1) is 4.88 Å². The van der Waals surface area contributed by atoms with Crippen molar-refractivity contribution in [1.82, 2.24) is 0 Å². The van der Waals surface area contributed by atoms with E-state index in [0.29, 0.717) is 4.88 Å². The Labute approximate surface area is 88.7 Å². The topological polar surface area (TPSA) is 26.3 Å². The molecule has 0 aliphatic carbocycles. The van der Waals surface area contributed by atoms with Crippen molar-refractivity contribution >= 4 is 17.1 Å². The zero-order valence-corrected chi connectivity index (χ0v) is 8.74. The lowest BCUT2D eigenvalue weighted by Gasteiger charge is -2.05. The van der Waals surface area contributed by atoms with Crippen molar-refractivity contribution in [2.45, 2.75) is 13.1 Å². The fourth-order valence-electron chi connectivity index (χ4n) is 0.915. The minimum Gasteiger partial charge on any atom is -0.364 e. The van der Waals surface area contributed by atoms with Crippen LogP contribution in [0.25, 0.3) is 0 Å². The minimum absolute atomic E-state index is 0.419. The Hall–Kier alpha value is -0.880. The van der Waals surface area contributed by atoms with Gasteiger partial charge >= 0.3 is 6.18 Å². The second kappa shape index (κ2) is 4.76. The number of Topliss-reactive ketones (excluding diaryl/α,β-unsaturated/α-hetero) is 1. The molecule has 0 saturated carbocycles. The number of rotatable bonds is 4. The lowest BCUT2D eigenvalue weighted by atomic mass is 10.3. The van der Waals surface area contributed by atoms with Gasteiger partial charge in [-0.15, -0.1) is 11.3 Å². The van der Waals surface area contributed by atoms with Crippen LogP contribution >= 0.6 is 11.3 Å². The summed E-state index contributed by atoms with van der Waals surface area (Å²) in [5.41, 5.74) is 0. The van der Waals surface area contributed by atoms with Gasteiger partial charge < -0.3 is 4.74 Å². The van der Waals surface area contributed by atoms with Gasteiger partial charge in [0.2, 0.25) is 0 Å². The molecule has 1 aromatic heterocycles. The van der Waals surface area contributed by atoms with Crippen LogP contribution in [0.1, 0.15) is 14.5 Å². The number of carbonyl (C=O) groups is 1. The second-order valence-electron chi connectivity index (χ2n) is 2.94. The van der Waals surface area contributed by atoms with Gasteiger partial charge in [0.1, 0.15) is 13.2 Å². The maximum atomic E-state index is 11.7. The molecule has 2 nitrogen and oxygen atoms in total. The minimum atomic E-state index is -4.38. The van der Waals surface area contributed by atoms with Crippen molar-refractivity contribution in [2.24, 2.45) is 0 Å². The van der Waals surface area contributed by atoms with E-state index in [1.54, 1.807) is 12.1 Å². The standard InChI is InChI=1S/C9H9F3O2S/c1-6-2-3-8(15-6)7(13)4-14-5-9(10,11)12/h2-3H,4-5H2,1H3. The fourth-order valence-corrected chi connectivity index (χ4v) is 1.71. The normalized spacial score (nSPS) is 11.7. The first kappa shape index (κ1) is 12.2. The predicted molar refractivity (Wildman–Crippen MR) is 50.3 cm³/mol. The Morgan fingerprint density at radius 3 is 2.60 bits per heavy atom. The highest BCUT2D eigenvalue weighted by Crippen LogP contribution is 2.17. The highest BCUT2D eigenvalue weighted by molar-refractivity contribution is 7.14. The van der Waals surface area contributed by atoms with E-state index in [9.17, 15) is 18.0 Å². The Bertz CT molecular complexity index is 343. The first-order valence-electron chi connectivity index (χ1n) is 4.12. The second-order valence-corrected chi connectivity index (χ2v) is 4.23. The highest BCUT2D eigenvalue weighted by atomic mass is 32.1. The van der Waals surface area contributed by atoms with E-state index < -0.39 is 25.2 Å². The first-order chi connectivity index (χ1) is 6.88. The molecule has 0 atom stereocenters. The van der Waals surface area contributed by atoms with Gasteiger partial charge in [0.25, 0.3) is 0 Å². The number of hydrogen-bond acceptors (Lipinski definition) is 3. The summed E-state index contributed by atoms with van der Waals surface area (Å²) in [7, 11) is 0. The van der Waals surface area contributed by atoms with Crippen molar-refractivity contribution in [1.29, 1.82) is 0 Å². The maximum Gasteiger partial charge on any atom is 0.411 e. The number of ketones is 1. The molecule has 0 spiro atoms. The van der Waals surface area contributed by atoms with Gasteiger partial charge in [-0.05, 0) is 19.1 Å². The zero-order chi connectivity index (χ0) is 11.5. The third kappa shape index (κ3) is 4.44. The largest absolute Gasteiger partial charge is 0.411 e. The molecular weight excluding hydrogens is 229 g/mol. The molecule has 0 unspecified atom stereocenters. The van der Waals surface area contributed by atoms with Crippen molar-refractivity contribution in [3.8, 4) is 0 Å². The van der Waals surface area contributed by atoms with Gasteiger partial charge in [-0.1, -0.05) is 0 Å². The number of ether oxygens (including phenoxy) is 1. The van der Waals surface area contributed by atoms with E-state index in [-0.39, 0.29) is 0 Å². The van der Waals surface area contributed by atoms with Crippen molar-refractivity contribution in [3.63, 3.8) is 0 Å². The van der Waals surface area contributed by atoms with Crippen molar-refractivity contribution in [3.05, 3.63) is 21.9 Å². The highest BCUT2D eigenvalue weighted by Gasteiger charge is 2.27. The molecule has 0 saturated heterocycles. The molecular formula is C9H9F3O2S. The lowest BCUT2D eigenvalue weighted by molar-refractivity contribution is -0.170. The molecule has 6 heteroatoms. The van der Waals surface area contributed by atoms with Crippen molar-refractivity contribution in [2.75, 3.05) is 13.2 Å². The summed E-state index contributed by atoms with van der Waals surface area (Å²) in [6.07, 6.45) is -4.38. The first-order valence-corrected chi connectivity index (χ1v) is 4.94. The Balaban J connectivity index is 2.37. The van der Waals surface area contributed by atoms with Gasteiger partial charge in [-0.25, -0.2) is 0 Å². The molecule has 1 heterocycles. The molecule has 0 amide bonds. The number of halogens is 3. The average Bonchev–Trinajstić information content (AvgIpc) is 2.49. The van der Waals surface area contributed by atoms with E-state index >= 15 is 0 Å². The third-order valence-corrected chi connectivity index (χ3v) is 2.56. The summed E-state index contributed by atoms with van der Waals surface area (Å²) in [6.45, 7) is -0.0966. The molecule has 0 fully saturated rings. The molecule has 1 aromatic rings. The van der Waals surface area contributed by atoms with Gasteiger partial charge in [0, 0.05) is 4.88 Å². The quantitative estimate of drug-likeness (QED) is 0.754. The Morgan fingerprint density at radius 1 is 1.47 bits per heavy atom. The summed E-state index contributed by atoms with van der Waals surface area (Å²) in [5, 5.41) is 0. The summed E-state index contributed by atoms with van der Waals surface area (Å²) < 4.78 is 39.3. The van der Waals surface area contributed by atoms with Crippen LogP contribution in [0.2, 0.25) is 0 Å². The molecule has 0 aromatic carbocycles. The Morgan fingerprint density at radius 2 is 2.13 bits per heavy atom. The van der Waals surface area contributed by atoms with Gasteiger partial charge in [-0.3, -0.25) is 4.79 Å². The number of hydrogen-bond donors (Lipinski definition) is 0. The van der Waals surface area contributed by atoms with Crippen LogP contribution in [-0.4, -0.2) is 25.2 Å². The molecule has 1 rings (SSSR count). The van der Waals surface area contributed by atoms with E-state index in [4.69, 9.17) is 0 Å². The van der Waals surface area contributed by atoms with Crippen LogP contribution in [0.3, 0.4) is 0 Å².